The Morgan fingerprint density at radius 1 is 1.12 bits per heavy atom. The number of anilines is 2. The first-order valence-electron chi connectivity index (χ1n) is 14.5. The highest BCUT2D eigenvalue weighted by Crippen LogP contribution is 2.62. The van der Waals surface area contributed by atoms with Gasteiger partial charge in [-0.05, 0) is 72.7 Å². The number of halogens is 3. The smallest absolute Gasteiger partial charge is 0.337 e. The van der Waals surface area contributed by atoms with Gasteiger partial charge < -0.3 is 15.0 Å². The predicted molar refractivity (Wildman–Crippen MR) is 162 cm³/mol. The summed E-state index contributed by atoms with van der Waals surface area (Å²) >= 11 is 12.7. The quantitative estimate of drug-likeness (QED) is 0.341. The fourth-order valence-electron chi connectivity index (χ4n) is 7.71. The Morgan fingerprint density at radius 3 is 2.56 bits per heavy atom. The number of hydrogen-bond donors (Lipinski definition) is 1. The number of nitrogens with zero attached hydrogens (tertiary/aromatic N) is 2. The van der Waals surface area contributed by atoms with Crippen LogP contribution in [0, 0.1) is 23.6 Å². The van der Waals surface area contributed by atoms with Crippen molar-refractivity contribution >= 4 is 52.4 Å². The molecule has 3 aromatic rings. The highest BCUT2D eigenvalue weighted by molar-refractivity contribution is 6.31. The van der Waals surface area contributed by atoms with Gasteiger partial charge in [-0.15, -0.1) is 0 Å². The summed E-state index contributed by atoms with van der Waals surface area (Å²) in [6.45, 7) is 3.20. The molecular weight excluding hydrogens is 592 g/mol. The monoisotopic (exact) mass is 621 g/mol. The number of piperidine rings is 1. The molecule has 6 atom stereocenters. The van der Waals surface area contributed by atoms with Crippen molar-refractivity contribution < 1.29 is 23.5 Å². The Morgan fingerprint density at radius 2 is 1.86 bits per heavy atom. The third-order valence-corrected chi connectivity index (χ3v) is 10.4. The zero-order chi connectivity index (χ0) is 30.2. The summed E-state index contributed by atoms with van der Waals surface area (Å²) in [6, 6.07) is 16.4. The summed E-state index contributed by atoms with van der Waals surface area (Å²) < 4.78 is 20.9. The molecule has 3 heterocycles. The Kier molecular flexibility index (Phi) is 6.80. The number of methoxy groups -OCH3 is 1. The molecule has 1 spiro atoms. The molecule has 10 heteroatoms. The average Bonchev–Trinajstić information content (AvgIpc) is 3.51. The minimum absolute atomic E-state index is 0.0632. The van der Waals surface area contributed by atoms with E-state index < -0.39 is 29.2 Å². The fourth-order valence-corrected chi connectivity index (χ4v) is 8.07. The molecule has 3 aliphatic heterocycles. The van der Waals surface area contributed by atoms with Gasteiger partial charge in [0.15, 0.2) is 0 Å². The Balaban J connectivity index is 1.41. The van der Waals surface area contributed by atoms with E-state index >= 15 is 4.39 Å². The van der Waals surface area contributed by atoms with Crippen LogP contribution in [0.3, 0.4) is 0 Å². The van der Waals surface area contributed by atoms with Gasteiger partial charge in [0.25, 0.3) is 0 Å². The number of nitrogens with one attached hydrogen (secondary N) is 1. The summed E-state index contributed by atoms with van der Waals surface area (Å²) in [5.74, 6) is -2.34. The molecule has 7 nitrogen and oxygen atoms in total. The molecule has 7 rings (SSSR count). The SMILES string of the molecule is COC(=O)c1ccc(N2CC[C@H]3[C@@H](C2=O)[C@H](c2cccc(Cl)c2F)[C@]2(C(=O)Nc4cc(Cl)ccc42)N3CC2CC2C)cc1. The molecule has 2 saturated heterocycles. The number of likely N-dealkylation sites (tertiary alicyclic amines) is 1. The van der Waals surface area contributed by atoms with E-state index in [9.17, 15) is 14.4 Å². The van der Waals surface area contributed by atoms with E-state index in [0.29, 0.717) is 58.9 Å². The minimum Gasteiger partial charge on any atom is -0.465 e. The first kappa shape index (κ1) is 28.3. The number of fused-ring (bicyclic) bond motifs is 3. The van der Waals surface area contributed by atoms with Gasteiger partial charge in [-0.3, -0.25) is 14.5 Å². The third kappa shape index (κ3) is 4.21. The lowest BCUT2D eigenvalue weighted by Crippen LogP contribution is -2.54. The van der Waals surface area contributed by atoms with E-state index in [4.69, 9.17) is 27.9 Å². The van der Waals surface area contributed by atoms with Crippen LogP contribution in [0.4, 0.5) is 15.8 Å². The Hall–Kier alpha value is -3.46. The van der Waals surface area contributed by atoms with Gasteiger partial charge in [-0.25, -0.2) is 9.18 Å². The number of amides is 2. The van der Waals surface area contributed by atoms with Crippen molar-refractivity contribution in [3.05, 3.63) is 93.2 Å². The molecule has 2 unspecified atom stereocenters. The van der Waals surface area contributed by atoms with Crippen molar-refractivity contribution in [2.24, 2.45) is 17.8 Å². The van der Waals surface area contributed by atoms with Crippen molar-refractivity contribution in [2.45, 2.75) is 37.3 Å². The van der Waals surface area contributed by atoms with Crippen LogP contribution in [0.2, 0.25) is 10.0 Å². The standard InChI is InChI=1S/C33H30Cl2FN3O4/c1-17-14-19(17)16-39-26-12-13-38(21-9-6-18(7-10-21)31(41)43-2)30(40)27(26)28(22-4-3-5-24(35)29(22)36)33(39)23-11-8-20(34)15-25(23)37-32(33)42/h3-11,15,17,19,26-28H,12-14,16H2,1-2H3,(H,37,42)/t17?,19?,26-,27+,28-,33+/m0/s1. The van der Waals surface area contributed by atoms with Crippen molar-refractivity contribution in [1.29, 1.82) is 0 Å². The van der Waals surface area contributed by atoms with Crippen LogP contribution in [-0.2, 0) is 19.9 Å². The predicted octanol–water partition coefficient (Wildman–Crippen LogP) is 6.24. The Bertz CT molecular complexity index is 1670. The maximum Gasteiger partial charge on any atom is 0.337 e. The molecule has 3 fully saturated rings. The number of esters is 1. The summed E-state index contributed by atoms with van der Waals surface area (Å²) in [7, 11) is 1.31. The molecule has 0 aromatic heterocycles. The van der Waals surface area contributed by atoms with Crippen LogP contribution in [0.1, 0.15) is 47.2 Å². The van der Waals surface area contributed by atoms with Gasteiger partial charge in [0, 0.05) is 47.0 Å². The van der Waals surface area contributed by atoms with Crippen LogP contribution < -0.4 is 10.2 Å². The lowest BCUT2D eigenvalue weighted by atomic mass is 9.70. The van der Waals surface area contributed by atoms with Gasteiger partial charge >= 0.3 is 5.97 Å². The average molecular weight is 623 g/mol. The summed E-state index contributed by atoms with van der Waals surface area (Å²) in [5.41, 5.74) is 1.14. The minimum atomic E-state index is -1.34. The molecule has 3 aromatic carbocycles. The molecule has 1 aliphatic carbocycles. The van der Waals surface area contributed by atoms with E-state index in [1.54, 1.807) is 53.4 Å². The van der Waals surface area contributed by atoms with Crippen molar-refractivity contribution in [1.82, 2.24) is 4.90 Å². The zero-order valence-electron chi connectivity index (χ0n) is 23.6. The van der Waals surface area contributed by atoms with Gasteiger partial charge in [0.05, 0.1) is 23.6 Å². The van der Waals surface area contributed by atoms with Crippen LogP contribution in [0.25, 0.3) is 0 Å². The van der Waals surface area contributed by atoms with E-state index in [0.717, 1.165) is 6.42 Å². The molecule has 4 aliphatic rings. The van der Waals surface area contributed by atoms with E-state index in [-0.39, 0.29) is 28.4 Å². The first-order chi connectivity index (χ1) is 20.7. The van der Waals surface area contributed by atoms with E-state index in [1.807, 2.05) is 6.07 Å². The van der Waals surface area contributed by atoms with Crippen molar-refractivity contribution in [2.75, 3.05) is 30.4 Å². The molecule has 0 radical (unpaired) electrons. The highest BCUT2D eigenvalue weighted by Gasteiger charge is 2.70. The maximum atomic E-state index is 16.1. The van der Waals surface area contributed by atoms with Crippen LogP contribution in [-0.4, -0.2) is 48.9 Å². The third-order valence-electron chi connectivity index (χ3n) is 9.89. The molecule has 43 heavy (non-hydrogen) atoms. The molecule has 1 saturated carbocycles. The largest absolute Gasteiger partial charge is 0.465 e. The molecule has 222 valence electrons. The second-order valence-corrected chi connectivity index (χ2v) is 12.9. The van der Waals surface area contributed by atoms with E-state index in [1.165, 1.54) is 13.2 Å². The van der Waals surface area contributed by atoms with E-state index in [2.05, 4.69) is 17.1 Å². The Labute approximate surface area is 258 Å². The fraction of sp³-hybridized carbons (Fsp3) is 0.364. The molecule has 1 N–H and O–H groups in total. The number of hydrogen-bond acceptors (Lipinski definition) is 5. The zero-order valence-corrected chi connectivity index (χ0v) is 25.2. The number of carbonyl (C=O) groups is 3. The lowest BCUT2D eigenvalue weighted by molar-refractivity contribution is -0.128. The number of benzene rings is 3. The maximum absolute atomic E-state index is 16.1. The molecule has 0 bridgehead atoms. The second-order valence-electron chi connectivity index (χ2n) is 12.1. The topological polar surface area (TPSA) is 78.9 Å². The van der Waals surface area contributed by atoms with Crippen molar-refractivity contribution in [3.8, 4) is 0 Å². The number of ether oxygens (including phenoxy) is 1. The number of carbonyl (C=O) groups excluding carboxylic acids is 3. The van der Waals surface area contributed by atoms with Gasteiger partial charge in [0.2, 0.25) is 11.8 Å². The first-order valence-corrected chi connectivity index (χ1v) is 15.2. The second kappa shape index (κ2) is 10.3. The summed E-state index contributed by atoms with van der Waals surface area (Å²) in [6.07, 6.45) is 1.61. The summed E-state index contributed by atoms with van der Waals surface area (Å²) in [5, 5.41) is 3.45. The van der Waals surface area contributed by atoms with Gasteiger partial charge in [-0.1, -0.05) is 48.3 Å². The molecule has 2 amide bonds. The van der Waals surface area contributed by atoms with Gasteiger partial charge in [-0.2, -0.15) is 0 Å². The lowest BCUT2D eigenvalue weighted by Gasteiger charge is -2.40. The highest BCUT2D eigenvalue weighted by atomic mass is 35.5. The summed E-state index contributed by atoms with van der Waals surface area (Å²) in [4.78, 5) is 45.0. The molecular formula is C33H30Cl2FN3O4. The van der Waals surface area contributed by atoms with Crippen LogP contribution in [0.15, 0.2) is 60.7 Å². The van der Waals surface area contributed by atoms with Gasteiger partial charge in [0.1, 0.15) is 11.4 Å². The van der Waals surface area contributed by atoms with Crippen molar-refractivity contribution in [3.63, 3.8) is 0 Å². The number of rotatable bonds is 5. The van der Waals surface area contributed by atoms with Crippen LogP contribution in [0.5, 0.6) is 0 Å². The van der Waals surface area contributed by atoms with Crippen LogP contribution >= 0.6 is 23.2 Å². The normalized spacial score (nSPS) is 29.4.